The summed E-state index contributed by atoms with van der Waals surface area (Å²) in [5.74, 6) is 0. The molecule has 0 radical (unpaired) electrons. The zero-order valence-corrected chi connectivity index (χ0v) is 1.92. The van der Waals surface area contributed by atoms with Crippen molar-refractivity contribution in [1.82, 2.24) is 0 Å². The fourth-order valence-corrected chi connectivity index (χ4v) is 0. The lowest BCUT2D eigenvalue weighted by molar-refractivity contribution is 0.278. The second-order valence-electron chi connectivity index (χ2n) is 0.346. The average Bonchev–Trinajstić information content (AvgIpc) is 0.811. The summed E-state index contributed by atoms with van der Waals surface area (Å²) in [6.45, 7) is 0. The van der Waals surface area contributed by atoms with E-state index in [4.69, 9.17) is 15.1 Å². The predicted molar refractivity (Wildman–Crippen MR) is 22.3 cm³/mol. The number of hydrogen-bond donors (Lipinski definition) is 3. The summed E-state index contributed by atoms with van der Waals surface area (Å²) < 4.78 is 0. The van der Waals surface area contributed by atoms with Crippen LogP contribution in [0.1, 0.15) is 0 Å². The molecule has 30 valence electrons. The van der Waals surface area contributed by atoms with Gasteiger partial charge in [0, 0.05) is 0 Å². The van der Waals surface area contributed by atoms with Crippen LogP contribution in [0, 0.1) is 0 Å². The molecule has 0 heterocycles. The molecule has 0 rings (SSSR count). The molecule has 0 aromatic heterocycles. The lowest BCUT2D eigenvalue weighted by Gasteiger charge is -1.69. The molecule has 0 spiro atoms. The first kappa shape index (κ1) is 9.08. The Labute approximate surface area is 40.6 Å². The van der Waals surface area contributed by atoms with Crippen molar-refractivity contribution in [1.29, 1.82) is 0 Å². The molecule has 3 N–H and O–H groups in total. The first-order valence-electron chi connectivity index (χ1n) is 0.775. The largest absolute Gasteiger partial charge is 0.631 e. The molecule has 5 heteroatoms. The van der Waals surface area contributed by atoms with Crippen LogP contribution < -0.4 is 0 Å². The Kier molecular flexibility index (Phi) is 8.13. The van der Waals surface area contributed by atoms with Gasteiger partial charge in [0.2, 0.25) is 0 Å². The van der Waals surface area contributed by atoms with E-state index in [1.54, 1.807) is 0 Å². The van der Waals surface area contributed by atoms with Crippen LogP contribution >= 0.6 is 0 Å². The molecule has 0 saturated carbocycles. The van der Waals surface area contributed by atoms with Gasteiger partial charge in [0.05, 0.1) is 0 Å². The minimum Gasteiger partial charge on any atom is -0.402 e. The van der Waals surface area contributed by atoms with Gasteiger partial charge in [-0.2, -0.15) is 0 Å². The van der Waals surface area contributed by atoms with Crippen molar-refractivity contribution in [3.63, 3.8) is 0 Å². The standard InChI is InChI=1S/Al.BH3O3.3H/c;2-1(3)4;;;/h;2-4H;;;. The van der Waals surface area contributed by atoms with Gasteiger partial charge in [-0.3, -0.25) is 0 Å². The van der Waals surface area contributed by atoms with Gasteiger partial charge in [-0.15, -0.1) is 0 Å². The van der Waals surface area contributed by atoms with Crippen LogP contribution in [0.3, 0.4) is 0 Å². The molecule has 0 fully saturated rings. The van der Waals surface area contributed by atoms with Crippen LogP contribution in [0.15, 0.2) is 0 Å². The Morgan fingerprint density at radius 2 is 1.00 bits per heavy atom. The maximum absolute atomic E-state index is 7.17. The lowest BCUT2D eigenvalue weighted by Crippen LogP contribution is -2.07. The average molecular weight is 91.8 g/mol. The first-order valence-corrected chi connectivity index (χ1v) is 0.775. The predicted octanol–water partition coefficient (Wildman–Crippen LogP) is -3.24. The number of hydrogen-bond acceptors (Lipinski definition) is 3. The molecule has 0 unspecified atom stereocenters. The molecule has 0 aromatic rings. The topological polar surface area (TPSA) is 60.7 Å². The van der Waals surface area contributed by atoms with E-state index in [0.29, 0.717) is 0 Å². The van der Waals surface area contributed by atoms with Gasteiger partial charge >= 0.3 is 7.32 Å². The van der Waals surface area contributed by atoms with Crippen LogP contribution in [0.25, 0.3) is 0 Å². The Bertz CT molecular complexity index is 11.6. The Morgan fingerprint density at radius 3 is 1.00 bits per heavy atom. The maximum Gasteiger partial charge on any atom is 0.631 e. The molecule has 0 aliphatic heterocycles. The summed E-state index contributed by atoms with van der Waals surface area (Å²) in [5, 5.41) is 21.5. The summed E-state index contributed by atoms with van der Waals surface area (Å²) in [4.78, 5) is 0. The Hall–Kier alpha value is 0.477. The van der Waals surface area contributed by atoms with E-state index in [2.05, 4.69) is 0 Å². The molecule has 0 amide bonds. The van der Waals surface area contributed by atoms with Gasteiger partial charge in [-0.05, 0) is 0 Å². The molecule has 3 nitrogen and oxygen atoms in total. The van der Waals surface area contributed by atoms with Crippen LogP contribution in [-0.2, 0) is 0 Å². The molecule has 5 heavy (non-hydrogen) atoms. The van der Waals surface area contributed by atoms with E-state index < -0.39 is 7.32 Å². The molecule has 0 aromatic carbocycles. The van der Waals surface area contributed by atoms with Crippen molar-refractivity contribution in [2.75, 3.05) is 0 Å². The molecule has 0 atom stereocenters. The molecular weight excluding hydrogens is 85.8 g/mol. The van der Waals surface area contributed by atoms with Gasteiger partial charge < -0.3 is 15.1 Å². The van der Waals surface area contributed by atoms with Gasteiger partial charge in [-0.1, -0.05) is 0 Å². The first-order chi connectivity index (χ1) is 1.73. The highest BCUT2D eigenvalue weighted by atomic mass is 27.0. The normalized spacial score (nSPS) is 5.40. The van der Waals surface area contributed by atoms with Crippen molar-refractivity contribution >= 4 is 24.7 Å². The Balaban J connectivity index is 0. The summed E-state index contributed by atoms with van der Waals surface area (Å²) in [5.41, 5.74) is 0. The third kappa shape index (κ3) is 121. The van der Waals surface area contributed by atoms with Gasteiger partial charge in [-0.25, -0.2) is 0 Å². The number of rotatable bonds is 0. The second kappa shape index (κ2) is 4.48. The minimum absolute atomic E-state index is 0. The van der Waals surface area contributed by atoms with E-state index in [1.165, 1.54) is 0 Å². The lowest BCUT2D eigenvalue weighted by atomic mass is 10.3. The summed E-state index contributed by atoms with van der Waals surface area (Å²) >= 11 is 0. The highest BCUT2D eigenvalue weighted by Gasteiger charge is 1.92. The maximum atomic E-state index is 7.17. The van der Waals surface area contributed by atoms with E-state index >= 15 is 0 Å². The second-order valence-corrected chi connectivity index (χ2v) is 0.346. The van der Waals surface area contributed by atoms with Gasteiger partial charge in [0.1, 0.15) is 0 Å². The molecule has 0 aliphatic rings. The van der Waals surface area contributed by atoms with Crippen molar-refractivity contribution in [3.05, 3.63) is 0 Å². The molecule has 0 bridgehead atoms. The summed E-state index contributed by atoms with van der Waals surface area (Å²) in [7, 11) is -2.17. The van der Waals surface area contributed by atoms with Gasteiger partial charge in [0.25, 0.3) is 0 Å². The zero-order valence-electron chi connectivity index (χ0n) is 1.92. The van der Waals surface area contributed by atoms with Crippen molar-refractivity contribution < 1.29 is 15.1 Å². The van der Waals surface area contributed by atoms with E-state index in [-0.39, 0.29) is 17.4 Å². The zero-order chi connectivity index (χ0) is 3.58. The van der Waals surface area contributed by atoms with Crippen LogP contribution in [0.5, 0.6) is 0 Å². The summed E-state index contributed by atoms with van der Waals surface area (Å²) in [6, 6.07) is 0. The molecular formula is H6AlBO3. The van der Waals surface area contributed by atoms with Crippen molar-refractivity contribution in [2.45, 2.75) is 0 Å². The highest BCUT2D eigenvalue weighted by molar-refractivity contribution is 6.30. The van der Waals surface area contributed by atoms with Crippen LogP contribution in [0.4, 0.5) is 0 Å². The third-order valence-electron chi connectivity index (χ3n) is 0. The molecule has 0 saturated heterocycles. The monoisotopic (exact) mass is 92.0 g/mol. The fourth-order valence-electron chi connectivity index (χ4n) is 0. The van der Waals surface area contributed by atoms with E-state index in [9.17, 15) is 0 Å². The summed E-state index contributed by atoms with van der Waals surface area (Å²) in [6.07, 6.45) is 0. The minimum atomic E-state index is -2.17. The van der Waals surface area contributed by atoms with Crippen molar-refractivity contribution in [3.8, 4) is 0 Å². The van der Waals surface area contributed by atoms with E-state index in [0.717, 1.165) is 0 Å². The van der Waals surface area contributed by atoms with E-state index in [1.807, 2.05) is 0 Å². The Morgan fingerprint density at radius 1 is 1.00 bits per heavy atom. The third-order valence-corrected chi connectivity index (χ3v) is 0. The van der Waals surface area contributed by atoms with Crippen LogP contribution in [-0.4, -0.2) is 39.8 Å². The SMILES string of the molecule is OB(O)O.[AlH3]. The van der Waals surface area contributed by atoms with Gasteiger partial charge in [0.15, 0.2) is 17.4 Å². The molecule has 0 aliphatic carbocycles. The van der Waals surface area contributed by atoms with Crippen molar-refractivity contribution in [2.24, 2.45) is 0 Å². The smallest absolute Gasteiger partial charge is 0.402 e. The quantitative estimate of drug-likeness (QED) is 0.275. The fraction of sp³-hybridized carbons (Fsp3) is 0. The van der Waals surface area contributed by atoms with Crippen LogP contribution in [0.2, 0.25) is 0 Å². The highest BCUT2D eigenvalue weighted by Crippen LogP contribution is 1.40.